The normalized spacial score (nSPS) is 19.8. The quantitative estimate of drug-likeness (QED) is 0.770. The highest BCUT2D eigenvalue weighted by Crippen LogP contribution is 2.23. The van der Waals surface area contributed by atoms with Crippen molar-refractivity contribution in [1.82, 2.24) is 9.03 Å². The van der Waals surface area contributed by atoms with Crippen molar-refractivity contribution in [2.24, 2.45) is 5.92 Å². The number of hydrogen-bond acceptors (Lipinski definition) is 3. The molecule has 0 radical (unpaired) electrons. The first-order valence-electron chi connectivity index (χ1n) is 6.74. The molecule has 0 saturated heterocycles. The zero-order valence-corrected chi connectivity index (χ0v) is 12.6. The van der Waals surface area contributed by atoms with E-state index in [4.69, 9.17) is 5.11 Å². The highest BCUT2D eigenvalue weighted by molar-refractivity contribution is 7.87. The summed E-state index contributed by atoms with van der Waals surface area (Å²) in [6.07, 6.45) is 4.88. The lowest BCUT2D eigenvalue weighted by atomic mass is 9.96. The molecule has 19 heavy (non-hydrogen) atoms. The number of aliphatic carboxylic acids is 1. The van der Waals surface area contributed by atoms with E-state index in [1.165, 1.54) is 11.4 Å². The van der Waals surface area contributed by atoms with Gasteiger partial charge in [0.1, 0.15) is 6.04 Å². The van der Waals surface area contributed by atoms with Gasteiger partial charge in [-0.2, -0.15) is 17.4 Å². The van der Waals surface area contributed by atoms with Gasteiger partial charge in [0.2, 0.25) is 0 Å². The number of rotatable bonds is 6. The first-order valence-corrected chi connectivity index (χ1v) is 8.18. The first-order chi connectivity index (χ1) is 8.75. The predicted molar refractivity (Wildman–Crippen MR) is 73.0 cm³/mol. The summed E-state index contributed by atoms with van der Waals surface area (Å²) in [4.78, 5) is 11.1. The number of carboxylic acids is 1. The molecule has 0 aromatic heterocycles. The Kier molecular flexibility index (Phi) is 5.76. The SMILES string of the molecule is CC(C)[C@H](NS(=O)(=O)N(C)C1CCCCC1)C(=O)O. The third kappa shape index (κ3) is 4.43. The molecule has 2 N–H and O–H groups in total. The van der Waals surface area contributed by atoms with Crippen molar-refractivity contribution in [3.63, 3.8) is 0 Å². The molecule has 1 rings (SSSR count). The molecule has 112 valence electrons. The third-order valence-corrected chi connectivity index (χ3v) is 5.28. The van der Waals surface area contributed by atoms with Crippen LogP contribution >= 0.6 is 0 Å². The van der Waals surface area contributed by atoms with Crippen LogP contribution in [0.15, 0.2) is 0 Å². The van der Waals surface area contributed by atoms with Crippen LogP contribution in [0.2, 0.25) is 0 Å². The number of carboxylic acid groups (broad SMARTS) is 1. The zero-order valence-electron chi connectivity index (χ0n) is 11.8. The second-order valence-electron chi connectivity index (χ2n) is 5.49. The minimum absolute atomic E-state index is 0.0205. The molecule has 6 nitrogen and oxygen atoms in total. The lowest BCUT2D eigenvalue weighted by Crippen LogP contribution is -2.52. The minimum atomic E-state index is -3.75. The Morgan fingerprint density at radius 1 is 1.26 bits per heavy atom. The molecule has 0 spiro atoms. The highest BCUT2D eigenvalue weighted by atomic mass is 32.2. The highest BCUT2D eigenvalue weighted by Gasteiger charge is 2.32. The maximum absolute atomic E-state index is 12.2. The Balaban J connectivity index is 2.75. The summed E-state index contributed by atoms with van der Waals surface area (Å²) in [5.74, 6) is -1.44. The van der Waals surface area contributed by atoms with E-state index in [0.717, 1.165) is 32.1 Å². The van der Waals surface area contributed by atoms with Crippen LogP contribution in [0.25, 0.3) is 0 Å². The molecule has 1 atom stereocenters. The summed E-state index contributed by atoms with van der Waals surface area (Å²) >= 11 is 0. The van der Waals surface area contributed by atoms with Gasteiger partial charge in [0.05, 0.1) is 0 Å². The van der Waals surface area contributed by atoms with Gasteiger partial charge in [-0.3, -0.25) is 4.79 Å². The minimum Gasteiger partial charge on any atom is -0.480 e. The molecule has 7 heteroatoms. The second kappa shape index (κ2) is 6.67. The fraction of sp³-hybridized carbons (Fsp3) is 0.917. The number of nitrogens with one attached hydrogen (secondary N) is 1. The fourth-order valence-electron chi connectivity index (χ4n) is 2.36. The van der Waals surface area contributed by atoms with E-state index in [-0.39, 0.29) is 12.0 Å². The molecule has 0 bridgehead atoms. The molecule has 1 fully saturated rings. The predicted octanol–water partition coefficient (Wildman–Crippen LogP) is 1.19. The molecule has 0 amide bonds. The van der Waals surface area contributed by atoms with Crippen LogP contribution in [0.5, 0.6) is 0 Å². The van der Waals surface area contributed by atoms with Crippen molar-refractivity contribution in [2.45, 2.75) is 58.0 Å². The van der Waals surface area contributed by atoms with Gasteiger partial charge >= 0.3 is 5.97 Å². The van der Waals surface area contributed by atoms with Gasteiger partial charge in [-0.25, -0.2) is 0 Å². The fourth-order valence-corrected chi connectivity index (χ4v) is 3.82. The van der Waals surface area contributed by atoms with Gasteiger partial charge < -0.3 is 5.11 Å². The second-order valence-corrected chi connectivity index (χ2v) is 7.25. The van der Waals surface area contributed by atoms with E-state index in [0.29, 0.717) is 0 Å². The van der Waals surface area contributed by atoms with Gasteiger partial charge in [-0.1, -0.05) is 33.1 Å². The van der Waals surface area contributed by atoms with Crippen molar-refractivity contribution in [3.8, 4) is 0 Å². The van der Waals surface area contributed by atoms with Crippen LogP contribution in [0.3, 0.4) is 0 Å². The third-order valence-electron chi connectivity index (χ3n) is 3.68. The van der Waals surface area contributed by atoms with Crippen LogP contribution in [-0.2, 0) is 15.0 Å². The smallest absolute Gasteiger partial charge is 0.322 e. The van der Waals surface area contributed by atoms with E-state index in [9.17, 15) is 13.2 Å². The number of nitrogens with zero attached hydrogens (tertiary/aromatic N) is 1. The summed E-state index contributed by atoms with van der Waals surface area (Å²) in [6.45, 7) is 3.36. The van der Waals surface area contributed by atoms with Gasteiger partial charge in [-0.05, 0) is 18.8 Å². The van der Waals surface area contributed by atoms with Crippen molar-refractivity contribution < 1.29 is 18.3 Å². The maximum Gasteiger partial charge on any atom is 0.322 e. The topological polar surface area (TPSA) is 86.7 Å². The molecule has 1 aliphatic rings. The lowest BCUT2D eigenvalue weighted by Gasteiger charge is -2.31. The van der Waals surface area contributed by atoms with Gasteiger partial charge in [0.25, 0.3) is 10.2 Å². The molecule has 1 aliphatic carbocycles. The van der Waals surface area contributed by atoms with Gasteiger partial charge in [0, 0.05) is 13.1 Å². The Morgan fingerprint density at radius 3 is 2.21 bits per heavy atom. The average Bonchev–Trinajstić information content (AvgIpc) is 2.35. The monoisotopic (exact) mass is 292 g/mol. The zero-order chi connectivity index (χ0) is 14.6. The summed E-state index contributed by atoms with van der Waals surface area (Å²) < 4.78 is 28.0. The summed E-state index contributed by atoms with van der Waals surface area (Å²) in [6, 6.07) is -1.11. The van der Waals surface area contributed by atoms with E-state index < -0.39 is 22.2 Å². The summed E-state index contributed by atoms with van der Waals surface area (Å²) in [7, 11) is -2.22. The summed E-state index contributed by atoms with van der Waals surface area (Å²) in [5, 5.41) is 9.05. The van der Waals surface area contributed by atoms with E-state index in [2.05, 4.69) is 4.72 Å². The van der Waals surface area contributed by atoms with Crippen molar-refractivity contribution in [1.29, 1.82) is 0 Å². The molecule has 0 aromatic rings. The molecular weight excluding hydrogens is 268 g/mol. The van der Waals surface area contributed by atoms with E-state index >= 15 is 0 Å². The number of carbonyl (C=O) groups is 1. The van der Waals surface area contributed by atoms with E-state index in [1.807, 2.05) is 0 Å². The van der Waals surface area contributed by atoms with Crippen LogP contribution < -0.4 is 4.72 Å². The van der Waals surface area contributed by atoms with Gasteiger partial charge in [-0.15, -0.1) is 0 Å². The van der Waals surface area contributed by atoms with Crippen LogP contribution in [0.4, 0.5) is 0 Å². The molecule has 0 aromatic carbocycles. The molecule has 0 heterocycles. The Morgan fingerprint density at radius 2 is 1.79 bits per heavy atom. The van der Waals surface area contributed by atoms with E-state index in [1.54, 1.807) is 13.8 Å². The Hall–Kier alpha value is -0.660. The first kappa shape index (κ1) is 16.4. The summed E-state index contributed by atoms with van der Waals surface area (Å²) in [5.41, 5.74) is 0. The van der Waals surface area contributed by atoms with Crippen LogP contribution in [0, 0.1) is 5.92 Å². The van der Waals surface area contributed by atoms with Crippen molar-refractivity contribution in [2.75, 3.05) is 7.05 Å². The largest absolute Gasteiger partial charge is 0.480 e. The molecule has 0 aliphatic heterocycles. The van der Waals surface area contributed by atoms with Crippen molar-refractivity contribution >= 4 is 16.2 Å². The molecular formula is C12H24N2O4S. The number of hydrogen-bond donors (Lipinski definition) is 2. The maximum atomic E-state index is 12.2. The Labute approximate surface area is 115 Å². The standard InChI is InChI=1S/C12H24N2O4S/c1-9(2)11(12(15)16)13-19(17,18)14(3)10-7-5-4-6-8-10/h9-11,13H,4-8H2,1-3H3,(H,15,16)/t11-/m0/s1. The van der Waals surface area contributed by atoms with Crippen molar-refractivity contribution in [3.05, 3.63) is 0 Å². The molecule has 0 unspecified atom stereocenters. The lowest BCUT2D eigenvalue weighted by molar-refractivity contribution is -0.140. The molecule has 1 saturated carbocycles. The van der Waals surface area contributed by atoms with Crippen LogP contribution in [-0.4, -0.2) is 42.9 Å². The average molecular weight is 292 g/mol. The van der Waals surface area contributed by atoms with Crippen LogP contribution in [0.1, 0.15) is 46.0 Å². The Bertz CT molecular complexity index is 402. The van der Waals surface area contributed by atoms with Gasteiger partial charge in [0.15, 0.2) is 0 Å².